The van der Waals surface area contributed by atoms with Crippen molar-refractivity contribution in [2.24, 2.45) is 5.92 Å². The van der Waals surface area contributed by atoms with Crippen LogP contribution in [0.5, 0.6) is 0 Å². The fourth-order valence-electron chi connectivity index (χ4n) is 3.48. The van der Waals surface area contributed by atoms with E-state index >= 15 is 0 Å². The number of hydrogen-bond donors (Lipinski definition) is 0. The molecular weight excluding hydrogens is 317 g/mol. The first-order chi connectivity index (χ1) is 12.0. The molecule has 3 heterocycles. The van der Waals surface area contributed by atoms with Gasteiger partial charge in [0.1, 0.15) is 17.5 Å². The molecule has 1 aromatic carbocycles. The minimum absolute atomic E-state index is 0.258. The molecule has 0 saturated carbocycles. The molecule has 1 fully saturated rings. The third-order valence-corrected chi connectivity index (χ3v) is 4.95. The molecule has 3 aromatic rings. The van der Waals surface area contributed by atoms with Gasteiger partial charge in [-0.05, 0) is 56.9 Å². The predicted octanol–water partition coefficient (Wildman–Crippen LogP) is 3.81. The van der Waals surface area contributed by atoms with Crippen LogP contribution in [-0.4, -0.2) is 32.8 Å². The zero-order valence-corrected chi connectivity index (χ0v) is 14.8. The topological polar surface area (TPSA) is 46.8 Å². The van der Waals surface area contributed by atoms with Gasteiger partial charge in [0.15, 0.2) is 5.65 Å². The lowest BCUT2D eigenvalue weighted by Gasteiger charge is -2.31. The molecule has 0 unspecified atom stereocenters. The SMILES string of the molecule is Cc1nc(N2CCC(C)CC2)c2c(C)nn(-c3ccc(F)cc3)c2n1. The first kappa shape index (κ1) is 16.0. The van der Waals surface area contributed by atoms with E-state index in [1.807, 2.05) is 13.8 Å². The number of halogens is 1. The summed E-state index contributed by atoms with van der Waals surface area (Å²) in [5.74, 6) is 2.20. The van der Waals surface area contributed by atoms with Crippen LogP contribution in [0.25, 0.3) is 16.7 Å². The minimum Gasteiger partial charge on any atom is -0.356 e. The number of fused-ring (bicyclic) bond motifs is 1. The summed E-state index contributed by atoms with van der Waals surface area (Å²) in [5, 5.41) is 5.66. The summed E-state index contributed by atoms with van der Waals surface area (Å²) >= 11 is 0. The van der Waals surface area contributed by atoms with E-state index in [2.05, 4.69) is 21.9 Å². The number of piperidine rings is 1. The highest BCUT2D eigenvalue weighted by Crippen LogP contribution is 2.31. The molecule has 0 radical (unpaired) electrons. The van der Waals surface area contributed by atoms with Crippen molar-refractivity contribution in [1.82, 2.24) is 19.7 Å². The van der Waals surface area contributed by atoms with Gasteiger partial charge in [-0.25, -0.2) is 19.0 Å². The van der Waals surface area contributed by atoms with Crippen LogP contribution in [0.3, 0.4) is 0 Å². The van der Waals surface area contributed by atoms with Crippen LogP contribution in [0.1, 0.15) is 31.3 Å². The van der Waals surface area contributed by atoms with Crippen molar-refractivity contribution in [1.29, 1.82) is 0 Å². The van der Waals surface area contributed by atoms with Gasteiger partial charge in [0.2, 0.25) is 0 Å². The second kappa shape index (κ2) is 6.10. The number of anilines is 1. The van der Waals surface area contributed by atoms with E-state index in [4.69, 9.17) is 4.98 Å². The molecule has 5 nitrogen and oxygen atoms in total. The van der Waals surface area contributed by atoms with Gasteiger partial charge in [-0.3, -0.25) is 0 Å². The summed E-state index contributed by atoms with van der Waals surface area (Å²) in [7, 11) is 0. The Morgan fingerprint density at radius 2 is 1.72 bits per heavy atom. The molecule has 2 aromatic heterocycles. The molecule has 1 aliphatic heterocycles. The number of aromatic nitrogens is 4. The molecule has 1 saturated heterocycles. The minimum atomic E-state index is -0.258. The van der Waals surface area contributed by atoms with Gasteiger partial charge in [-0.15, -0.1) is 0 Å². The van der Waals surface area contributed by atoms with E-state index in [1.54, 1.807) is 16.8 Å². The summed E-state index contributed by atoms with van der Waals surface area (Å²) in [5.41, 5.74) is 2.48. The van der Waals surface area contributed by atoms with E-state index in [1.165, 1.54) is 25.0 Å². The highest BCUT2D eigenvalue weighted by Gasteiger charge is 2.23. The van der Waals surface area contributed by atoms with Crippen LogP contribution < -0.4 is 4.90 Å². The molecule has 6 heteroatoms. The quantitative estimate of drug-likeness (QED) is 0.712. The van der Waals surface area contributed by atoms with E-state index in [0.29, 0.717) is 0 Å². The second-order valence-electron chi connectivity index (χ2n) is 6.94. The summed E-state index contributed by atoms with van der Waals surface area (Å²) < 4.78 is 15.0. The lowest BCUT2D eigenvalue weighted by Crippen LogP contribution is -2.33. The number of hydrogen-bond acceptors (Lipinski definition) is 4. The molecule has 4 rings (SSSR count). The van der Waals surface area contributed by atoms with Gasteiger partial charge in [0, 0.05) is 13.1 Å². The summed E-state index contributed by atoms with van der Waals surface area (Å²) in [4.78, 5) is 11.7. The van der Waals surface area contributed by atoms with Crippen LogP contribution in [0, 0.1) is 25.6 Å². The van der Waals surface area contributed by atoms with Crippen LogP contribution >= 0.6 is 0 Å². The van der Waals surface area contributed by atoms with Gasteiger partial charge in [-0.1, -0.05) is 6.92 Å². The lowest BCUT2D eigenvalue weighted by molar-refractivity contribution is 0.437. The van der Waals surface area contributed by atoms with Crippen molar-refractivity contribution in [2.45, 2.75) is 33.6 Å². The standard InChI is InChI=1S/C19H22FN5/c1-12-8-10-24(11-9-12)18-17-13(2)23-25(19(17)22-14(3)21-18)16-6-4-15(20)5-7-16/h4-7,12H,8-11H2,1-3H3. The van der Waals surface area contributed by atoms with Crippen molar-refractivity contribution >= 4 is 16.9 Å². The zero-order valence-electron chi connectivity index (χ0n) is 14.8. The first-order valence-electron chi connectivity index (χ1n) is 8.78. The second-order valence-corrected chi connectivity index (χ2v) is 6.94. The smallest absolute Gasteiger partial charge is 0.168 e. The Kier molecular flexibility index (Phi) is 3.90. The highest BCUT2D eigenvalue weighted by molar-refractivity contribution is 5.91. The Morgan fingerprint density at radius 1 is 1.04 bits per heavy atom. The van der Waals surface area contributed by atoms with Gasteiger partial charge >= 0.3 is 0 Å². The van der Waals surface area contributed by atoms with Gasteiger partial charge in [0.05, 0.1) is 16.8 Å². The zero-order chi connectivity index (χ0) is 17.6. The number of nitrogens with zero attached hydrogens (tertiary/aromatic N) is 5. The molecule has 0 N–H and O–H groups in total. The van der Waals surface area contributed by atoms with Crippen molar-refractivity contribution in [3.05, 3.63) is 41.6 Å². The van der Waals surface area contributed by atoms with Crippen LogP contribution in [-0.2, 0) is 0 Å². The summed E-state index contributed by atoms with van der Waals surface area (Å²) in [6, 6.07) is 6.33. The molecule has 0 bridgehead atoms. The van der Waals surface area contributed by atoms with E-state index in [-0.39, 0.29) is 5.82 Å². The van der Waals surface area contributed by atoms with Gasteiger partial charge in [-0.2, -0.15) is 5.10 Å². The first-order valence-corrected chi connectivity index (χ1v) is 8.78. The molecule has 0 spiro atoms. The maximum Gasteiger partial charge on any atom is 0.168 e. The van der Waals surface area contributed by atoms with Crippen molar-refractivity contribution in [2.75, 3.05) is 18.0 Å². The monoisotopic (exact) mass is 339 g/mol. The average molecular weight is 339 g/mol. The Bertz CT molecular complexity index is 908. The number of aryl methyl sites for hydroxylation is 2. The Morgan fingerprint density at radius 3 is 2.40 bits per heavy atom. The molecule has 25 heavy (non-hydrogen) atoms. The van der Waals surface area contributed by atoms with Crippen LogP contribution in [0.2, 0.25) is 0 Å². The molecule has 0 amide bonds. The van der Waals surface area contributed by atoms with Crippen molar-refractivity contribution in [3.8, 4) is 5.69 Å². The maximum atomic E-state index is 13.3. The summed E-state index contributed by atoms with van der Waals surface area (Å²) in [6.45, 7) is 8.21. The summed E-state index contributed by atoms with van der Waals surface area (Å²) in [6.07, 6.45) is 2.35. The average Bonchev–Trinajstić information content (AvgIpc) is 2.92. The fourth-order valence-corrected chi connectivity index (χ4v) is 3.48. The van der Waals surface area contributed by atoms with E-state index < -0.39 is 0 Å². The fraction of sp³-hybridized carbons (Fsp3) is 0.421. The Hall–Kier alpha value is -2.50. The lowest BCUT2D eigenvalue weighted by atomic mass is 9.99. The molecular formula is C19H22FN5. The Labute approximate surface area is 146 Å². The third-order valence-electron chi connectivity index (χ3n) is 4.95. The number of benzene rings is 1. The van der Waals surface area contributed by atoms with Gasteiger partial charge < -0.3 is 4.90 Å². The van der Waals surface area contributed by atoms with Crippen LogP contribution in [0.15, 0.2) is 24.3 Å². The highest BCUT2D eigenvalue weighted by atomic mass is 19.1. The Balaban J connectivity index is 1.87. The number of rotatable bonds is 2. The maximum absolute atomic E-state index is 13.3. The molecule has 130 valence electrons. The molecule has 1 aliphatic rings. The normalized spacial score (nSPS) is 15.9. The molecule has 0 atom stereocenters. The van der Waals surface area contributed by atoms with Crippen molar-refractivity contribution < 1.29 is 4.39 Å². The third kappa shape index (κ3) is 2.86. The predicted molar refractivity (Wildman–Crippen MR) is 96.7 cm³/mol. The molecule has 0 aliphatic carbocycles. The van der Waals surface area contributed by atoms with E-state index in [9.17, 15) is 4.39 Å². The van der Waals surface area contributed by atoms with E-state index in [0.717, 1.165) is 53.1 Å². The van der Waals surface area contributed by atoms with Gasteiger partial charge in [0.25, 0.3) is 0 Å². The largest absolute Gasteiger partial charge is 0.356 e. The van der Waals surface area contributed by atoms with Crippen LogP contribution in [0.4, 0.5) is 10.2 Å². The van der Waals surface area contributed by atoms with Crippen molar-refractivity contribution in [3.63, 3.8) is 0 Å².